The van der Waals surface area contributed by atoms with E-state index in [2.05, 4.69) is 17.1 Å². The molecule has 1 unspecified atom stereocenters. The van der Waals surface area contributed by atoms with Crippen molar-refractivity contribution in [1.29, 1.82) is 5.26 Å². The molecular formula is C15H20N4O2. The summed E-state index contributed by atoms with van der Waals surface area (Å²) in [5, 5.41) is 23.1. The summed E-state index contributed by atoms with van der Waals surface area (Å²) in [4.78, 5) is 12.7. The zero-order valence-corrected chi connectivity index (χ0v) is 12.2. The van der Waals surface area contributed by atoms with Crippen molar-refractivity contribution in [2.75, 3.05) is 25.0 Å². The van der Waals surface area contributed by atoms with E-state index in [4.69, 9.17) is 5.26 Å². The molecule has 1 aliphatic heterocycles. The topological polar surface area (TPSA) is 82.2 Å². The Kier molecular flexibility index (Phi) is 5.12. The van der Waals surface area contributed by atoms with Gasteiger partial charge in [-0.25, -0.2) is 0 Å². The average molecular weight is 288 g/mol. The van der Waals surface area contributed by atoms with Crippen molar-refractivity contribution in [1.82, 2.24) is 4.90 Å². The van der Waals surface area contributed by atoms with Crippen LogP contribution in [0.15, 0.2) is 18.2 Å². The lowest BCUT2D eigenvalue weighted by molar-refractivity contribution is -0.385. The molecule has 0 radical (unpaired) electrons. The molecule has 1 saturated heterocycles. The third-order valence-electron chi connectivity index (χ3n) is 3.71. The highest BCUT2D eigenvalue weighted by Crippen LogP contribution is 2.22. The Bertz CT molecular complexity index is 547. The van der Waals surface area contributed by atoms with Crippen LogP contribution >= 0.6 is 0 Å². The summed E-state index contributed by atoms with van der Waals surface area (Å²) in [7, 11) is 0. The normalized spacial score (nSPS) is 17.0. The zero-order chi connectivity index (χ0) is 15.2. The first kappa shape index (κ1) is 15.3. The third kappa shape index (κ3) is 4.17. The van der Waals surface area contributed by atoms with E-state index in [1.54, 1.807) is 12.1 Å². The molecule has 0 aliphatic carbocycles. The summed E-state index contributed by atoms with van der Waals surface area (Å²) in [6.07, 6.45) is 3.82. The van der Waals surface area contributed by atoms with Crippen LogP contribution in [0.2, 0.25) is 0 Å². The summed E-state index contributed by atoms with van der Waals surface area (Å²) < 4.78 is 0. The second-order valence-corrected chi connectivity index (χ2v) is 5.51. The van der Waals surface area contributed by atoms with E-state index in [-0.39, 0.29) is 17.3 Å². The second kappa shape index (κ2) is 7.04. The van der Waals surface area contributed by atoms with Crippen molar-refractivity contribution in [3.8, 4) is 6.07 Å². The molecule has 0 spiro atoms. The lowest BCUT2D eigenvalue weighted by atomic mass is 10.1. The average Bonchev–Trinajstić information content (AvgIpc) is 2.47. The highest BCUT2D eigenvalue weighted by atomic mass is 16.6. The van der Waals surface area contributed by atoms with Gasteiger partial charge in [-0.2, -0.15) is 5.26 Å². The van der Waals surface area contributed by atoms with Gasteiger partial charge >= 0.3 is 0 Å². The molecule has 0 saturated carbocycles. The number of nitrogens with zero attached hydrogens (tertiary/aromatic N) is 3. The van der Waals surface area contributed by atoms with Crippen LogP contribution in [-0.4, -0.2) is 35.5 Å². The van der Waals surface area contributed by atoms with Crippen molar-refractivity contribution >= 4 is 11.4 Å². The number of hydrogen-bond donors (Lipinski definition) is 1. The van der Waals surface area contributed by atoms with E-state index in [0.29, 0.717) is 0 Å². The van der Waals surface area contributed by atoms with Crippen LogP contribution in [0.5, 0.6) is 0 Å². The molecule has 1 heterocycles. The van der Waals surface area contributed by atoms with Gasteiger partial charge in [-0.3, -0.25) is 10.1 Å². The molecule has 1 fully saturated rings. The van der Waals surface area contributed by atoms with Gasteiger partial charge in [-0.15, -0.1) is 0 Å². The van der Waals surface area contributed by atoms with Crippen LogP contribution in [0.1, 0.15) is 31.7 Å². The fourth-order valence-corrected chi connectivity index (χ4v) is 2.73. The van der Waals surface area contributed by atoms with Gasteiger partial charge < -0.3 is 10.2 Å². The lowest BCUT2D eigenvalue weighted by Gasteiger charge is -2.29. The van der Waals surface area contributed by atoms with E-state index < -0.39 is 4.92 Å². The molecule has 1 N–H and O–H groups in total. The standard InChI is InChI=1S/C15H20N4O2/c1-12(11-18-7-3-2-4-8-18)17-14-5-6-15(19(20)21)13(9-14)10-16/h5-6,9,12,17H,2-4,7-8,11H2,1H3. The molecular weight excluding hydrogens is 268 g/mol. The number of nitro groups is 1. The summed E-state index contributed by atoms with van der Waals surface area (Å²) >= 11 is 0. The Morgan fingerprint density at radius 2 is 2.14 bits per heavy atom. The Morgan fingerprint density at radius 1 is 1.43 bits per heavy atom. The summed E-state index contributed by atoms with van der Waals surface area (Å²) in [5.41, 5.74) is 0.698. The van der Waals surface area contributed by atoms with Gasteiger partial charge in [0.15, 0.2) is 0 Å². The first-order chi connectivity index (χ1) is 10.1. The van der Waals surface area contributed by atoms with Crippen molar-refractivity contribution in [2.45, 2.75) is 32.2 Å². The van der Waals surface area contributed by atoms with E-state index in [9.17, 15) is 10.1 Å². The number of nitrogens with one attached hydrogen (secondary N) is 1. The Morgan fingerprint density at radius 3 is 2.76 bits per heavy atom. The zero-order valence-electron chi connectivity index (χ0n) is 12.2. The number of anilines is 1. The number of hydrogen-bond acceptors (Lipinski definition) is 5. The van der Waals surface area contributed by atoms with Crippen molar-refractivity contribution in [3.63, 3.8) is 0 Å². The maximum atomic E-state index is 10.8. The number of benzene rings is 1. The minimum atomic E-state index is -0.528. The summed E-state index contributed by atoms with van der Waals surface area (Å²) in [6.45, 7) is 5.30. The fraction of sp³-hybridized carbons (Fsp3) is 0.533. The highest BCUT2D eigenvalue weighted by Gasteiger charge is 2.16. The Balaban J connectivity index is 1.98. The van der Waals surface area contributed by atoms with Crippen LogP contribution < -0.4 is 5.32 Å². The summed E-state index contributed by atoms with van der Waals surface area (Å²) in [5.74, 6) is 0. The second-order valence-electron chi connectivity index (χ2n) is 5.51. The molecule has 6 heteroatoms. The number of piperidine rings is 1. The fourth-order valence-electron chi connectivity index (χ4n) is 2.73. The molecule has 1 aromatic rings. The first-order valence-corrected chi connectivity index (χ1v) is 7.27. The molecule has 6 nitrogen and oxygen atoms in total. The van der Waals surface area contributed by atoms with Crippen molar-refractivity contribution in [3.05, 3.63) is 33.9 Å². The van der Waals surface area contributed by atoms with E-state index in [1.807, 2.05) is 6.07 Å². The van der Waals surface area contributed by atoms with Gasteiger partial charge in [0.2, 0.25) is 0 Å². The van der Waals surface area contributed by atoms with E-state index >= 15 is 0 Å². The van der Waals surface area contributed by atoms with Gasteiger partial charge in [0.25, 0.3) is 5.69 Å². The quantitative estimate of drug-likeness (QED) is 0.665. The number of nitriles is 1. The molecule has 0 amide bonds. The third-order valence-corrected chi connectivity index (χ3v) is 3.71. The lowest BCUT2D eigenvalue weighted by Crippen LogP contribution is -2.38. The van der Waals surface area contributed by atoms with E-state index in [1.165, 1.54) is 25.3 Å². The number of rotatable bonds is 5. The minimum Gasteiger partial charge on any atom is -0.381 e. The molecule has 1 aliphatic rings. The molecule has 1 aromatic carbocycles. The maximum absolute atomic E-state index is 10.8. The van der Waals surface area contributed by atoms with Gasteiger partial charge in [0.05, 0.1) is 4.92 Å². The predicted octanol–water partition coefficient (Wildman–Crippen LogP) is 2.75. The van der Waals surface area contributed by atoms with Gasteiger partial charge in [-0.1, -0.05) is 6.42 Å². The summed E-state index contributed by atoms with van der Waals surface area (Å²) in [6, 6.07) is 6.70. The van der Waals surface area contributed by atoms with Gasteiger partial charge in [-0.05, 0) is 45.0 Å². The van der Waals surface area contributed by atoms with Gasteiger partial charge in [0, 0.05) is 24.3 Å². The molecule has 112 valence electrons. The van der Waals surface area contributed by atoms with Crippen LogP contribution in [0.4, 0.5) is 11.4 Å². The number of likely N-dealkylation sites (tertiary alicyclic amines) is 1. The SMILES string of the molecule is CC(CN1CCCCC1)Nc1ccc([N+](=O)[O-])c(C#N)c1. The van der Waals surface area contributed by atoms with Crippen molar-refractivity contribution < 1.29 is 4.92 Å². The van der Waals surface area contributed by atoms with Crippen LogP contribution in [0.25, 0.3) is 0 Å². The maximum Gasteiger partial charge on any atom is 0.287 e. The van der Waals surface area contributed by atoms with E-state index in [0.717, 1.165) is 25.3 Å². The largest absolute Gasteiger partial charge is 0.381 e. The smallest absolute Gasteiger partial charge is 0.287 e. The first-order valence-electron chi connectivity index (χ1n) is 7.27. The minimum absolute atomic E-state index is 0.0928. The molecule has 0 bridgehead atoms. The monoisotopic (exact) mass is 288 g/mol. The molecule has 21 heavy (non-hydrogen) atoms. The predicted molar refractivity (Wildman–Crippen MR) is 81.2 cm³/mol. The number of nitro benzene ring substituents is 1. The van der Waals surface area contributed by atoms with Crippen LogP contribution in [-0.2, 0) is 0 Å². The van der Waals surface area contributed by atoms with Crippen molar-refractivity contribution in [2.24, 2.45) is 0 Å². The Hall–Kier alpha value is -2.13. The molecule has 2 rings (SSSR count). The highest BCUT2D eigenvalue weighted by molar-refractivity contribution is 5.58. The Labute approximate surface area is 124 Å². The molecule has 0 aromatic heterocycles. The molecule has 1 atom stereocenters. The van der Waals surface area contributed by atoms with Gasteiger partial charge in [0.1, 0.15) is 11.6 Å². The van der Waals surface area contributed by atoms with Crippen LogP contribution in [0.3, 0.4) is 0 Å². The van der Waals surface area contributed by atoms with Crippen LogP contribution in [0, 0.1) is 21.4 Å².